The first-order chi connectivity index (χ1) is 11.0. The summed E-state index contributed by atoms with van der Waals surface area (Å²) in [5.41, 5.74) is 2.54. The summed E-state index contributed by atoms with van der Waals surface area (Å²) in [6, 6.07) is 14.1. The van der Waals surface area contributed by atoms with Gasteiger partial charge < -0.3 is 10.1 Å². The minimum atomic E-state index is -2.90. The zero-order valence-electron chi connectivity index (χ0n) is 12.6. The van der Waals surface area contributed by atoms with E-state index in [9.17, 15) is 13.6 Å². The smallest absolute Gasteiger partial charge is 0.387 e. The molecule has 120 valence electrons. The average molecular weight is 317 g/mol. The lowest BCUT2D eigenvalue weighted by molar-refractivity contribution is -0.116. The summed E-state index contributed by atoms with van der Waals surface area (Å²) < 4.78 is 29.0. The Bertz CT molecular complexity index is 682. The largest absolute Gasteiger partial charge is 0.434 e. The Balaban J connectivity index is 1.93. The van der Waals surface area contributed by atoms with Crippen molar-refractivity contribution in [2.45, 2.75) is 20.1 Å². The number of hydrogen-bond donors (Lipinski definition) is 1. The van der Waals surface area contributed by atoms with Gasteiger partial charge in [-0.15, -0.1) is 0 Å². The first-order valence-corrected chi connectivity index (χ1v) is 7.10. The monoisotopic (exact) mass is 317 g/mol. The summed E-state index contributed by atoms with van der Waals surface area (Å²) in [5, 5.41) is 2.64. The van der Waals surface area contributed by atoms with Crippen molar-refractivity contribution in [1.29, 1.82) is 0 Å². The number of aryl methyl sites for hydroxylation is 1. The quantitative estimate of drug-likeness (QED) is 0.820. The van der Waals surface area contributed by atoms with E-state index in [1.54, 1.807) is 24.3 Å². The lowest BCUT2D eigenvalue weighted by atomic mass is 10.1. The van der Waals surface area contributed by atoms with Gasteiger partial charge in [-0.1, -0.05) is 48.0 Å². The second-order valence-electron chi connectivity index (χ2n) is 4.95. The Morgan fingerprint density at radius 3 is 2.57 bits per heavy atom. The van der Waals surface area contributed by atoms with Crippen LogP contribution in [0.4, 0.5) is 8.78 Å². The van der Waals surface area contributed by atoms with Crippen molar-refractivity contribution < 1.29 is 18.3 Å². The van der Waals surface area contributed by atoms with Gasteiger partial charge in [-0.3, -0.25) is 4.79 Å². The van der Waals surface area contributed by atoms with Crippen molar-refractivity contribution in [2.75, 3.05) is 0 Å². The standard InChI is InChI=1S/C18H17F2NO2/c1-13-6-8-14(9-7-13)10-11-17(22)21-12-15-4-2-3-5-16(15)23-18(19)20/h2-11,18H,12H2,1H3,(H,21,22)/b11-10+. The van der Waals surface area contributed by atoms with E-state index < -0.39 is 6.61 Å². The van der Waals surface area contributed by atoms with Gasteiger partial charge in [0, 0.05) is 18.2 Å². The molecule has 0 bridgehead atoms. The molecule has 1 amide bonds. The lowest BCUT2D eigenvalue weighted by Crippen LogP contribution is -2.21. The predicted octanol–water partition coefficient (Wildman–Crippen LogP) is 3.93. The fourth-order valence-corrected chi connectivity index (χ4v) is 1.95. The first-order valence-electron chi connectivity index (χ1n) is 7.10. The molecule has 0 saturated heterocycles. The molecule has 0 radical (unpaired) electrons. The number of carbonyl (C=O) groups excluding carboxylic acids is 1. The average Bonchev–Trinajstić information content (AvgIpc) is 2.53. The molecule has 0 spiro atoms. The molecule has 0 unspecified atom stereocenters. The molecule has 5 heteroatoms. The molecule has 0 fully saturated rings. The van der Waals surface area contributed by atoms with E-state index >= 15 is 0 Å². The molecule has 0 aliphatic heterocycles. The van der Waals surface area contributed by atoms with Crippen LogP contribution in [-0.2, 0) is 11.3 Å². The topological polar surface area (TPSA) is 38.3 Å². The van der Waals surface area contributed by atoms with Crippen LogP contribution in [0.2, 0.25) is 0 Å². The Hall–Kier alpha value is -2.69. The maximum absolute atomic E-state index is 12.3. The van der Waals surface area contributed by atoms with Crippen LogP contribution in [0, 0.1) is 6.92 Å². The number of hydrogen-bond acceptors (Lipinski definition) is 2. The Morgan fingerprint density at radius 1 is 1.17 bits per heavy atom. The molecule has 2 aromatic rings. The van der Waals surface area contributed by atoms with Gasteiger partial charge >= 0.3 is 6.61 Å². The molecule has 0 aliphatic rings. The van der Waals surface area contributed by atoms with Crippen LogP contribution < -0.4 is 10.1 Å². The molecule has 0 atom stereocenters. The second kappa shape index (κ2) is 8.08. The third kappa shape index (κ3) is 5.54. The van der Waals surface area contributed by atoms with Crippen LogP contribution in [-0.4, -0.2) is 12.5 Å². The zero-order chi connectivity index (χ0) is 16.7. The number of benzene rings is 2. The van der Waals surface area contributed by atoms with Crippen molar-refractivity contribution in [3.8, 4) is 5.75 Å². The molecule has 2 rings (SSSR count). The summed E-state index contributed by atoms with van der Waals surface area (Å²) in [4.78, 5) is 11.8. The summed E-state index contributed by atoms with van der Waals surface area (Å²) in [5.74, 6) is -0.247. The number of nitrogens with one attached hydrogen (secondary N) is 1. The van der Waals surface area contributed by atoms with Gasteiger partial charge in [-0.25, -0.2) is 0 Å². The number of ether oxygens (including phenoxy) is 1. The molecule has 0 aromatic heterocycles. The van der Waals surface area contributed by atoms with E-state index in [1.165, 1.54) is 12.1 Å². The Morgan fingerprint density at radius 2 is 1.87 bits per heavy atom. The van der Waals surface area contributed by atoms with Crippen molar-refractivity contribution in [1.82, 2.24) is 5.32 Å². The van der Waals surface area contributed by atoms with Crippen LogP contribution in [0.25, 0.3) is 6.08 Å². The minimum Gasteiger partial charge on any atom is -0.434 e. The van der Waals surface area contributed by atoms with Gasteiger partial charge in [0.1, 0.15) is 5.75 Å². The predicted molar refractivity (Wildman–Crippen MR) is 85.1 cm³/mol. The van der Waals surface area contributed by atoms with E-state index in [0.717, 1.165) is 11.1 Å². The van der Waals surface area contributed by atoms with Gasteiger partial charge in [0.05, 0.1) is 0 Å². The number of alkyl halides is 2. The highest BCUT2D eigenvalue weighted by Crippen LogP contribution is 2.19. The summed E-state index contributed by atoms with van der Waals surface area (Å²) in [6.45, 7) is -0.799. The SMILES string of the molecule is Cc1ccc(/C=C/C(=O)NCc2ccccc2OC(F)F)cc1. The third-order valence-electron chi connectivity index (χ3n) is 3.15. The molecule has 0 saturated carbocycles. The number of carbonyl (C=O) groups is 1. The van der Waals surface area contributed by atoms with Crippen molar-refractivity contribution in [2.24, 2.45) is 0 Å². The number of halogens is 2. The Labute approximate surface area is 133 Å². The molecular weight excluding hydrogens is 300 g/mol. The minimum absolute atomic E-state index is 0.0605. The second-order valence-corrected chi connectivity index (χ2v) is 4.95. The molecule has 0 heterocycles. The summed E-state index contributed by atoms with van der Waals surface area (Å²) >= 11 is 0. The van der Waals surface area contributed by atoms with Crippen molar-refractivity contribution in [3.63, 3.8) is 0 Å². The molecular formula is C18H17F2NO2. The van der Waals surface area contributed by atoms with Gasteiger partial charge in [0.15, 0.2) is 0 Å². The highest BCUT2D eigenvalue weighted by atomic mass is 19.3. The number of rotatable bonds is 6. The van der Waals surface area contributed by atoms with Crippen LogP contribution >= 0.6 is 0 Å². The van der Waals surface area contributed by atoms with E-state index in [-0.39, 0.29) is 18.2 Å². The molecule has 3 nitrogen and oxygen atoms in total. The van der Waals surface area contributed by atoms with Crippen molar-refractivity contribution >= 4 is 12.0 Å². The molecule has 23 heavy (non-hydrogen) atoms. The molecule has 1 N–H and O–H groups in total. The van der Waals surface area contributed by atoms with E-state index in [2.05, 4.69) is 10.1 Å². The maximum atomic E-state index is 12.3. The van der Waals surface area contributed by atoms with Crippen LogP contribution in [0.15, 0.2) is 54.6 Å². The van der Waals surface area contributed by atoms with Gasteiger partial charge in [0.2, 0.25) is 5.91 Å². The third-order valence-corrected chi connectivity index (χ3v) is 3.15. The number of para-hydroxylation sites is 1. The highest BCUT2D eigenvalue weighted by Gasteiger charge is 2.09. The highest BCUT2D eigenvalue weighted by molar-refractivity contribution is 5.91. The molecule has 2 aromatic carbocycles. The number of amides is 1. The normalized spacial score (nSPS) is 11.0. The van der Waals surface area contributed by atoms with Crippen LogP contribution in [0.5, 0.6) is 5.75 Å². The zero-order valence-corrected chi connectivity index (χ0v) is 12.6. The van der Waals surface area contributed by atoms with Gasteiger partial charge in [-0.05, 0) is 24.6 Å². The fraction of sp³-hybridized carbons (Fsp3) is 0.167. The van der Waals surface area contributed by atoms with Gasteiger partial charge in [-0.2, -0.15) is 8.78 Å². The van der Waals surface area contributed by atoms with Crippen LogP contribution in [0.1, 0.15) is 16.7 Å². The molecule has 0 aliphatic carbocycles. The summed E-state index contributed by atoms with van der Waals surface area (Å²) in [7, 11) is 0. The van der Waals surface area contributed by atoms with Gasteiger partial charge in [0.25, 0.3) is 0 Å². The van der Waals surface area contributed by atoms with Crippen LogP contribution in [0.3, 0.4) is 0 Å². The van der Waals surface area contributed by atoms with Crippen molar-refractivity contribution in [3.05, 3.63) is 71.3 Å². The van der Waals surface area contributed by atoms with E-state index in [0.29, 0.717) is 5.56 Å². The Kier molecular flexibility index (Phi) is 5.86. The fourth-order valence-electron chi connectivity index (χ4n) is 1.95. The van der Waals surface area contributed by atoms with E-state index in [1.807, 2.05) is 31.2 Å². The summed E-state index contributed by atoms with van der Waals surface area (Å²) in [6.07, 6.45) is 3.09. The maximum Gasteiger partial charge on any atom is 0.387 e. The first kappa shape index (κ1) is 16.7. The van der Waals surface area contributed by atoms with E-state index in [4.69, 9.17) is 0 Å². The lowest BCUT2D eigenvalue weighted by Gasteiger charge is -2.10.